The molecule has 3 heteroatoms. The number of fused-ring (bicyclic) bond motifs is 1. The van der Waals surface area contributed by atoms with Crippen molar-refractivity contribution in [2.24, 2.45) is 5.92 Å². The van der Waals surface area contributed by atoms with Crippen molar-refractivity contribution in [2.45, 2.75) is 38.6 Å². The zero-order chi connectivity index (χ0) is 12.5. The molecule has 2 aromatic rings. The van der Waals surface area contributed by atoms with E-state index in [4.69, 9.17) is 0 Å². The predicted octanol–water partition coefficient (Wildman–Crippen LogP) is 3.30. The van der Waals surface area contributed by atoms with Gasteiger partial charge in [0.15, 0.2) is 12.2 Å². The summed E-state index contributed by atoms with van der Waals surface area (Å²) in [6.45, 7) is 2.27. The fourth-order valence-corrected chi connectivity index (χ4v) is 3.84. The Balaban J connectivity index is 2.10. The van der Waals surface area contributed by atoms with Crippen LogP contribution in [-0.4, -0.2) is 0 Å². The first-order valence-corrected chi connectivity index (χ1v) is 7.51. The summed E-state index contributed by atoms with van der Waals surface area (Å²) in [6.07, 6.45) is 7.00. The van der Waals surface area contributed by atoms with Crippen LogP contribution in [0.25, 0.3) is 10.1 Å². The van der Waals surface area contributed by atoms with E-state index in [1.54, 1.807) is 0 Å². The first-order chi connectivity index (χ1) is 8.75. The van der Waals surface area contributed by atoms with Crippen LogP contribution in [0.15, 0.2) is 35.3 Å². The second-order valence-corrected chi connectivity index (χ2v) is 6.26. The molecule has 1 fully saturated rings. The number of nitrogens with zero attached hydrogens (tertiary/aromatic N) is 1. The van der Waals surface area contributed by atoms with Gasteiger partial charge in [-0.2, -0.15) is 4.57 Å². The normalized spacial score (nSPS) is 24.3. The molecule has 3 rings (SSSR count). The third kappa shape index (κ3) is 2.07. The summed E-state index contributed by atoms with van der Waals surface area (Å²) in [6, 6.07) is 8.54. The van der Waals surface area contributed by atoms with Crippen LogP contribution in [-0.2, 0) is 0 Å². The monoisotopic (exact) mass is 260 g/mol. The number of hydrogen-bond acceptors (Lipinski definition) is 2. The van der Waals surface area contributed by atoms with E-state index in [1.807, 2.05) is 22.8 Å². The molecule has 2 unspecified atom stereocenters. The first kappa shape index (κ1) is 11.8. The fraction of sp³-hybridized carbons (Fsp3) is 0.467. The predicted molar refractivity (Wildman–Crippen MR) is 75.0 cm³/mol. The summed E-state index contributed by atoms with van der Waals surface area (Å²) < 4.78 is 3.07. The molecular weight excluding hydrogens is 242 g/mol. The zero-order valence-electron chi connectivity index (χ0n) is 10.6. The summed E-state index contributed by atoms with van der Waals surface area (Å²) in [5.74, 6) is 0.616. The summed E-state index contributed by atoms with van der Waals surface area (Å²) in [7, 11) is 0. The largest absolute Gasteiger partial charge is 0.473 e. The van der Waals surface area contributed by atoms with Crippen LogP contribution in [0.1, 0.15) is 38.6 Å². The van der Waals surface area contributed by atoms with Crippen LogP contribution in [0.4, 0.5) is 0 Å². The van der Waals surface area contributed by atoms with Crippen molar-refractivity contribution in [1.29, 1.82) is 0 Å². The molecule has 0 spiro atoms. The topological polar surface area (TPSA) is 20.9 Å². The molecule has 1 aromatic heterocycles. The molecule has 1 aromatic carbocycles. The molecule has 0 aliphatic heterocycles. The van der Waals surface area contributed by atoms with Gasteiger partial charge in [-0.25, -0.2) is 4.79 Å². The van der Waals surface area contributed by atoms with Crippen LogP contribution < -0.4 is 9.44 Å². The molecule has 2 atom stereocenters. The van der Waals surface area contributed by atoms with Gasteiger partial charge in [0.1, 0.15) is 0 Å². The summed E-state index contributed by atoms with van der Waals surface area (Å²) in [4.78, 5) is 12.4. The maximum absolute atomic E-state index is 12.3. The Morgan fingerprint density at radius 2 is 2.00 bits per heavy atom. The number of rotatable bonds is 1. The second-order valence-electron chi connectivity index (χ2n) is 5.27. The van der Waals surface area contributed by atoms with Crippen LogP contribution in [0, 0.1) is 5.92 Å². The van der Waals surface area contributed by atoms with Gasteiger partial charge in [0.25, 0.3) is 0 Å². The highest BCUT2D eigenvalue weighted by molar-refractivity contribution is 7.15. The minimum atomic E-state index is 0.187. The Labute approximate surface area is 111 Å². The Morgan fingerprint density at radius 3 is 2.83 bits per heavy atom. The molecule has 94 valence electrons. The highest BCUT2D eigenvalue weighted by Gasteiger charge is 2.31. The molecule has 0 amide bonds. The van der Waals surface area contributed by atoms with E-state index in [-0.39, 0.29) is 4.87 Å². The second kappa shape index (κ2) is 4.81. The van der Waals surface area contributed by atoms with Crippen LogP contribution in [0.2, 0.25) is 0 Å². The lowest BCUT2D eigenvalue weighted by atomic mass is 9.86. The molecule has 0 N–H and O–H groups in total. The Morgan fingerprint density at radius 1 is 1.22 bits per heavy atom. The Bertz CT molecular complexity index is 619. The lowest BCUT2D eigenvalue weighted by molar-refractivity contribution is -0.740. The molecule has 0 saturated heterocycles. The summed E-state index contributed by atoms with van der Waals surface area (Å²) >= 11 is 1.37. The highest BCUT2D eigenvalue weighted by Crippen LogP contribution is 2.29. The lowest BCUT2D eigenvalue weighted by Gasteiger charge is -2.23. The third-order valence-corrected chi connectivity index (χ3v) is 5.01. The lowest BCUT2D eigenvalue weighted by Crippen LogP contribution is -2.54. The maximum atomic E-state index is 12.3. The van der Waals surface area contributed by atoms with E-state index in [0.29, 0.717) is 12.0 Å². The van der Waals surface area contributed by atoms with Crippen molar-refractivity contribution in [3.8, 4) is 0 Å². The van der Waals surface area contributed by atoms with Gasteiger partial charge in [-0.05, 0) is 36.3 Å². The molecule has 1 aliphatic carbocycles. The minimum Gasteiger partial charge on any atom is -0.203 e. The number of aromatic nitrogens is 1. The van der Waals surface area contributed by atoms with E-state index in [2.05, 4.69) is 19.2 Å². The molecule has 1 saturated carbocycles. The van der Waals surface area contributed by atoms with Gasteiger partial charge in [0.05, 0.1) is 10.1 Å². The fourth-order valence-electron chi connectivity index (χ4n) is 2.97. The van der Waals surface area contributed by atoms with Crippen molar-refractivity contribution < 1.29 is 4.57 Å². The van der Waals surface area contributed by atoms with E-state index in [0.717, 1.165) is 11.1 Å². The van der Waals surface area contributed by atoms with Crippen molar-refractivity contribution in [2.75, 3.05) is 0 Å². The van der Waals surface area contributed by atoms with E-state index < -0.39 is 0 Å². The number of benzene rings is 1. The molecule has 18 heavy (non-hydrogen) atoms. The molecule has 1 heterocycles. The zero-order valence-corrected chi connectivity index (χ0v) is 11.5. The van der Waals surface area contributed by atoms with Gasteiger partial charge in [-0.15, -0.1) is 0 Å². The van der Waals surface area contributed by atoms with Crippen molar-refractivity contribution >= 4 is 21.4 Å². The van der Waals surface area contributed by atoms with Crippen LogP contribution in [0.3, 0.4) is 0 Å². The van der Waals surface area contributed by atoms with Gasteiger partial charge >= 0.3 is 4.87 Å². The Hall–Kier alpha value is -1.22. The van der Waals surface area contributed by atoms with Crippen molar-refractivity contribution in [3.05, 3.63) is 40.1 Å². The van der Waals surface area contributed by atoms with E-state index in [9.17, 15) is 4.79 Å². The van der Waals surface area contributed by atoms with Crippen molar-refractivity contribution in [1.82, 2.24) is 0 Å². The highest BCUT2D eigenvalue weighted by atomic mass is 32.1. The third-order valence-electron chi connectivity index (χ3n) is 4.03. The quantitative estimate of drug-likeness (QED) is 0.721. The molecule has 0 bridgehead atoms. The molecule has 1 aliphatic rings. The minimum absolute atomic E-state index is 0.187. The SMILES string of the molecule is CC1CCCCC1[n+]1cc2ccccc2sc1=O. The van der Waals surface area contributed by atoms with Crippen molar-refractivity contribution in [3.63, 3.8) is 0 Å². The van der Waals surface area contributed by atoms with Gasteiger partial charge in [0, 0.05) is 12.3 Å². The summed E-state index contributed by atoms with van der Waals surface area (Å²) in [5, 5.41) is 1.18. The molecular formula is C15H18NOS+. The average molecular weight is 260 g/mol. The van der Waals surface area contributed by atoms with Crippen LogP contribution >= 0.6 is 11.3 Å². The number of hydrogen-bond donors (Lipinski definition) is 0. The van der Waals surface area contributed by atoms with Gasteiger partial charge in [0.2, 0.25) is 0 Å². The smallest absolute Gasteiger partial charge is 0.203 e. The molecule has 0 radical (unpaired) electrons. The Kier molecular flexibility index (Phi) is 3.16. The van der Waals surface area contributed by atoms with Gasteiger partial charge < -0.3 is 0 Å². The first-order valence-electron chi connectivity index (χ1n) is 6.70. The van der Waals surface area contributed by atoms with Gasteiger partial charge in [-0.3, -0.25) is 0 Å². The maximum Gasteiger partial charge on any atom is 0.473 e. The van der Waals surface area contributed by atoms with Gasteiger partial charge in [-0.1, -0.05) is 25.5 Å². The van der Waals surface area contributed by atoms with Crippen LogP contribution in [0.5, 0.6) is 0 Å². The average Bonchev–Trinajstić information content (AvgIpc) is 2.39. The van der Waals surface area contributed by atoms with E-state index in [1.165, 1.54) is 36.0 Å². The summed E-state index contributed by atoms with van der Waals surface area (Å²) in [5.41, 5.74) is 0. The molecule has 2 nitrogen and oxygen atoms in total. The van der Waals surface area contributed by atoms with E-state index >= 15 is 0 Å². The standard InChI is InChI=1S/C15H18NOS/c1-11-6-2-4-8-13(11)16-10-12-7-3-5-9-14(12)18-15(16)17/h3,5,7,9-11,13H,2,4,6,8H2,1H3/q+1.